The molecule has 0 saturated carbocycles. The number of rotatable bonds is 5. The van der Waals surface area contributed by atoms with Gasteiger partial charge in [0.15, 0.2) is 4.34 Å². The average molecular weight is 343 g/mol. The molecule has 7 heteroatoms. The number of carbonyl (C=O) groups excluding carboxylic acids is 1. The highest BCUT2D eigenvalue weighted by molar-refractivity contribution is 8.02. The number of carbonyl (C=O) groups is 1. The summed E-state index contributed by atoms with van der Waals surface area (Å²) in [4.78, 5) is 16.6. The molecule has 1 aromatic carbocycles. The van der Waals surface area contributed by atoms with Gasteiger partial charge in [0.05, 0.1) is 18.0 Å². The van der Waals surface area contributed by atoms with Crippen LogP contribution in [0.25, 0.3) is 0 Å². The summed E-state index contributed by atoms with van der Waals surface area (Å²) in [5, 5.41) is 5.08. The SMILES string of the molecule is COc1ccc(Cl)cc1NC(=O)[C@H](C)Sc1nc(C)cs1. The van der Waals surface area contributed by atoms with E-state index < -0.39 is 0 Å². The summed E-state index contributed by atoms with van der Waals surface area (Å²) in [6.07, 6.45) is 0. The Morgan fingerprint density at radius 1 is 1.52 bits per heavy atom. The molecule has 4 nitrogen and oxygen atoms in total. The summed E-state index contributed by atoms with van der Waals surface area (Å²) >= 11 is 8.92. The molecule has 1 amide bonds. The molecule has 0 spiro atoms. The molecule has 2 aromatic rings. The van der Waals surface area contributed by atoms with E-state index in [0.717, 1.165) is 10.0 Å². The number of hydrogen-bond donors (Lipinski definition) is 1. The summed E-state index contributed by atoms with van der Waals surface area (Å²) in [7, 11) is 1.55. The highest BCUT2D eigenvalue weighted by Gasteiger charge is 2.18. The molecule has 0 saturated heterocycles. The van der Waals surface area contributed by atoms with Gasteiger partial charge in [-0.3, -0.25) is 4.79 Å². The van der Waals surface area contributed by atoms with Crippen LogP contribution in [-0.4, -0.2) is 23.3 Å². The van der Waals surface area contributed by atoms with Gasteiger partial charge < -0.3 is 10.1 Å². The number of nitrogens with zero attached hydrogens (tertiary/aromatic N) is 1. The van der Waals surface area contributed by atoms with Crippen molar-refractivity contribution in [3.05, 3.63) is 34.3 Å². The van der Waals surface area contributed by atoms with Crippen molar-refractivity contribution in [3.8, 4) is 5.75 Å². The molecule has 0 radical (unpaired) electrons. The Morgan fingerprint density at radius 3 is 2.90 bits per heavy atom. The van der Waals surface area contributed by atoms with Gasteiger partial charge in [0.1, 0.15) is 5.75 Å². The van der Waals surface area contributed by atoms with Crippen molar-refractivity contribution >= 4 is 46.3 Å². The van der Waals surface area contributed by atoms with Crippen molar-refractivity contribution in [2.45, 2.75) is 23.4 Å². The van der Waals surface area contributed by atoms with Crippen LogP contribution in [0.1, 0.15) is 12.6 Å². The average Bonchev–Trinajstić information content (AvgIpc) is 2.84. The largest absolute Gasteiger partial charge is 0.495 e. The summed E-state index contributed by atoms with van der Waals surface area (Å²) in [5.41, 5.74) is 1.53. The van der Waals surface area contributed by atoms with Crippen molar-refractivity contribution in [2.75, 3.05) is 12.4 Å². The smallest absolute Gasteiger partial charge is 0.237 e. The number of ether oxygens (including phenoxy) is 1. The van der Waals surface area contributed by atoms with Gasteiger partial charge in [-0.2, -0.15) is 0 Å². The molecule has 0 aliphatic heterocycles. The first kappa shape index (κ1) is 16.1. The normalized spacial score (nSPS) is 12.0. The topological polar surface area (TPSA) is 51.2 Å². The Kier molecular flexibility index (Phi) is 5.50. The van der Waals surface area contributed by atoms with Gasteiger partial charge in [-0.25, -0.2) is 4.98 Å². The Hall–Kier alpha value is -1.24. The maximum atomic E-state index is 12.2. The van der Waals surface area contributed by atoms with Gasteiger partial charge in [0, 0.05) is 16.1 Å². The Balaban J connectivity index is 2.05. The molecule has 0 aliphatic rings. The fourth-order valence-electron chi connectivity index (χ4n) is 1.60. The van der Waals surface area contributed by atoms with Crippen LogP contribution in [0, 0.1) is 6.92 Å². The van der Waals surface area contributed by atoms with E-state index in [9.17, 15) is 4.79 Å². The number of amides is 1. The zero-order valence-electron chi connectivity index (χ0n) is 11.8. The van der Waals surface area contributed by atoms with E-state index in [0.29, 0.717) is 16.5 Å². The lowest BCUT2D eigenvalue weighted by molar-refractivity contribution is -0.115. The third-order valence-electron chi connectivity index (χ3n) is 2.66. The van der Waals surface area contributed by atoms with E-state index in [2.05, 4.69) is 10.3 Å². The van der Waals surface area contributed by atoms with Crippen LogP contribution in [0.2, 0.25) is 5.02 Å². The van der Waals surface area contributed by atoms with E-state index >= 15 is 0 Å². The second kappa shape index (κ2) is 7.15. The molecular weight excluding hydrogens is 328 g/mol. The molecule has 2 rings (SSSR count). The Morgan fingerprint density at radius 2 is 2.29 bits per heavy atom. The minimum Gasteiger partial charge on any atom is -0.495 e. The van der Waals surface area contributed by atoms with E-state index in [1.807, 2.05) is 19.2 Å². The zero-order chi connectivity index (χ0) is 15.4. The summed E-state index contributed by atoms with van der Waals surface area (Å²) < 4.78 is 6.09. The molecule has 21 heavy (non-hydrogen) atoms. The highest BCUT2D eigenvalue weighted by Crippen LogP contribution is 2.30. The van der Waals surface area contributed by atoms with Crippen LogP contribution >= 0.6 is 34.7 Å². The second-order valence-corrected chi connectivity index (χ2v) is 7.23. The standard InChI is InChI=1S/C14H15ClN2O2S2/c1-8-7-20-14(16-8)21-9(2)13(18)17-11-6-10(15)4-5-12(11)19-3/h4-7,9H,1-3H3,(H,17,18)/t9-/m0/s1. The lowest BCUT2D eigenvalue weighted by Gasteiger charge is -2.13. The molecule has 1 heterocycles. The molecule has 0 unspecified atom stereocenters. The van der Waals surface area contributed by atoms with Gasteiger partial charge in [0.2, 0.25) is 5.91 Å². The van der Waals surface area contributed by atoms with Crippen molar-refractivity contribution < 1.29 is 9.53 Å². The number of nitrogens with one attached hydrogen (secondary N) is 1. The molecular formula is C14H15ClN2O2S2. The third-order valence-corrected chi connectivity index (χ3v) is 5.09. The number of anilines is 1. The number of halogens is 1. The number of aromatic nitrogens is 1. The molecule has 1 aromatic heterocycles. The number of hydrogen-bond acceptors (Lipinski definition) is 5. The van der Waals surface area contributed by atoms with Crippen molar-refractivity contribution in [1.29, 1.82) is 0 Å². The molecule has 112 valence electrons. The van der Waals surface area contributed by atoms with E-state index in [1.165, 1.54) is 23.1 Å². The van der Waals surface area contributed by atoms with Gasteiger partial charge in [-0.1, -0.05) is 23.4 Å². The quantitative estimate of drug-likeness (QED) is 0.826. The lowest BCUT2D eigenvalue weighted by Crippen LogP contribution is -2.22. The van der Waals surface area contributed by atoms with Crippen molar-refractivity contribution in [1.82, 2.24) is 4.98 Å². The van der Waals surface area contributed by atoms with Gasteiger partial charge in [0.25, 0.3) is 0 Å². The Labute approximate surface area is 136 Å². The fourth-order valence-corrected chi connectivity index (χ4v) is 3.76. The monoisotopic (exact) mass is 342 g/mol. The van der Waals surface area contributed by atoms with Gasteiger partial charge in [-0.05, 0) is 32.0 Å². The summed E-state index contributed by atoms with van der Waals surface area (Å²) in [5.74, 6) is 0.462. The second-order valence-electron chi connectivity index (χ2n) is 4.35. The number of aryl methyl sites for hydroxylation is 1. The lowest BCUT2D eigenvalue weighted by atomic mass is 10.3. The van der Waals surface area contributed by atoms with Gasteiger partial charge in [-0.15, -0.1) is 11.3 Å². The first-order valence-corrected chi connectivity index (χ1v) is 8.36. The van der Waals surface area contributed by atoms with Gasteiger partial charge >= 0.3 is 0 Å². The number of thioether (sulfide) groups is 1. The first-order chi connectivity index (χ1) is 9.99. The first-order valence-electron chi connectivity index (χ1n) is 6.23. The zero-order valence-corrected chi connectivity index (χ0v) is 14.2. The predicted octanol–water partition coefficient (Wildman–Crippen LogP) is 4.23. The van der Waals surface area contributed by atoms with Crippen LogP contribution < -0.4 is 10.1 Å². The van der Waals surface area contributed by atoms with Crippen molar-refractivity contribution in [3.63, 3.8) is 0 Å². The maximum Gasteiger partial charge on any atom is 0.237 e. The number of thiazole rings is 1. The molecule has 0 fully saturated rings. The minimum absolute atomic E-state index is 0.117. The highest BCUT2D eigenvalue weighted by atomic mass is 35.5. The van der Waals surface area contributed by atoms with E-state index in [-0.39, 0.29) is 11.2 Å². The van der Waals surface area contributed by atoms with Crippen LogP contribution in [0.5, 0.6) is 5.75 Å². The molecule has 0 aliphatic carbocycles. The fraction of sp³-hybridized carbons (Fsp3) is 0.286. The molecule has 0 bridgehead atoms. The molecule has 1 atom stereocenters. The van der Waals surface area contributed by atoms with E-state index in [1.54, 1.807) is 25.3 Å². The van der Waals surface area contributed by atoms with Crippen molar-refractivity contribution in [2.24, 2.45) is 0 Å². The van der Waals surface area contributed by atoms with Crippen LogP contribution in [0.15, 0.2) is 27.9 Å². The van der Waals surface area contributed by atoms with Crippen LogP contribution in [-0.2, 0) is 4.79 Å². The predicted molar refractivity (Wildman–Crippen MR) is 88.8 cm³/mol. The number of benzene rings is 1. The maximum absolute atomic E-state index is 12.2. The molecule has 1 N–H and O–H groups in total. The Bertz CT molecular complexity index is 646. The number of methoxy groups -OCH3 is 1. The van der Waals surface area contributed by atoms with Crippen LogP contribution in [0.3, 0.4) is 0 Å². The van der Waals surface area contributed by atoms with E-state index in [4.69, 9.17) is 16.3 Å². The summed E-state index contributed by atoms with van der Waals surface area (Å²) in [6, 6.07) is 5.11. The summed E-state index contributed by atoms with van der Waals surface area (Å²) in [6.45, 7) is 3.77. The third kappa shape index (κ3) is 4.36. The van der Waals surface area contributed by atoms with Crippen LogP contribution in [0.4, 0.5) is 5.69 Å². The minimum atomic E-state index is -0.265.